The van der Waals surface area contributed by atoms with Crippen molar-refractivity contribution in [2.45, 2.75) is 118 Å². The number of carbonyl (C=O) groups is 3. The van der Waals surface area contributed by atoms with Gasteiger partial charge in [-0.15, -0.1) is 0 Å². The summed E-state index contributed by atoms with van der Waals surface area (Å²) < 4.78 is 1.81. The third kappa shape index (κ3) is 8.97. The molecule has 0 saturated heterocycles. The van der Waals surface area contributed by atoms with Crippen molar-refractivity contribution >= 4 is 17.7 Å². The number of nitrogens with zero attached hydrogens (tertiary/aromatic N) is 3. The Kier molecular flexibility index (Phi) is 12.5. The highest BCUT2D eigenvalue weighted by Gasteiger charge is 2.30. The first kappa shape index (κ1) is 30.7. The van der Waals surface area contributed by atoms with Crippen LogP contribution >= 0.6 is 0 Å². The summed E-state index contributed by atoms with van der Waals surface area (Å²) in [5.41, 5.74) is -0.602. The molecule has 35 heavy (non-hydrogen) atoms. The predicted molar refractivity (Wildman–Crippen MR) is 141 cm³/mol. The molecule has 0 aliphatic carbocycles. The van der Waals surface area contributed by atoms with Crippen molar-refractivity contribution in [1.82, 2.24) is 25.1 Å². The minimum absolute atomic E-state index is 0.0452. The van der Waals surface area contributed by atoms with Crippen LogP contribution in [0.5, 0.6) is 0 Å². The van der Waals surface area contributed by atoms with Gasteiger partial charge in [0.2, 0.25) is 17.7 Å². The summed E-state index contributed by atoms with van der Waals surface area (Å²) in [4.78, 5) is 45.2. The van der Waals surface area contributed by atoms with E-state index in [2.05, 4.69) is 71.0 Å². The van der Waals surface area contributed by atoms with Crippen molar-refractivity contribution in [2.24, 2.45) is 5.92 Å². The number of imidazole rings is 1. The minimum Gasteiger partial charge on any atom is -0.349 e. The van der Waals surface area contributed by atoms with Crippen LogP contribution in [0.2, 0.25) is 0 Å². The van der Waals surface area contributed by atoms with Gasteiger partial charge in [0.15, 0.2) is 0 Å². The van der Waals surface area contributed by atoms with E-state index in [1.54, 1.807) is 12.4 Å². The fraction of sp³-hybridized carbons (Fsp3) is 0.778. The second-order valence-electron chi connectivity index (χ2n) is 10.1. The van der Waals surface area contributed by atoms with Crippen LogP contribution in [0.3, 0.4) is 0 Å². The second kappa shape index (κ2) is 14.2. The molecule has 8 heteroatoms. The third-order valence-electron chi connectivity index (χ3n) is 7.59. The largest absolute Gasteiger partial charge is 0.349 e. The number of hydrogen-bond donors (Lipinski definition) is 2. The molecule has 0 unspecified atom stereocenters. The number of aromatic nitrogens is 2. The van der Waals surface area contributed by atoms with E-state index in [4.69, 9.17) is 0 Å². The van der Waals surface area contributed by atoms with Gasteiger partial charge in [-0.05, 0) is 44.4 Å². The van der Waals surface area contributed by atoms with Crippen LogP contribution in [0.1, 0.15) is 99.7 Å². The fourth-order valence-corrected chi connectivity index (χ4v) is 4.56. The molecule has 1 aromatic heterocycles. The molecular formula is C27H49N5O3. The van der Waals surface area contributed by atoms with Gasteiger partial charge < -0.3 is 20.1 Å². The molecular weight excluding hydrogens is 442 g/mol. The van der Waals surface area contributed by atoms with E-state index in [0.29, 0.717) is 5.92 Å². The maximum Gasteiger partial charge on any atom is 0.243 e. The standard InChI is InChI=1S/C27H49N5O3/c1-9-26(10-2,11-3)29-23(33)18-32(19-24(34)30-27(12-4,13-5)14-6)25(35)20-31-16-15-28-22(31)17-21(7)8/h15-16,21H,9-14,17-20H2,1-8H3,(H,29,33)(H,30,34). The highest BCUT2D eigenvalue weighted by Crippen LogP contribution is 2.20. The number of carbonyl (C=O) groups excluding carboxylic acids is 3. The van der Waals surface area contributed by atoms with Gasteiger partial charge in [-0.3, -0.25) is 14.4 Å². The molecule has 0 aliphatic heterocycles. The van der Waals surface area contributed by atoms with Crippen molar-refractivity contribution in [3.63, 3.8) is 0 Å². The zero-order valence-corrected chi connectivity index (χ0v) is 23.4. The average Bonchev–Trinajstić information content (AvgIpc) is 3.26. The van der Waals surface area contributed by atoms with Gasteiger partial charge in [0.25, 0.3) is 0 Å². The topological polar surface area (TPSA) is 96.3 Å². The van der Waals surface area contributed by atoms with Crippen molar-refractivity contribution in [3.8, 4) is 0 Å². The molecule has 0 aromatic carbocycles. The summed E-state index contributed by atoms with van der Waals surface area (Å²) in [6.45, 7) is 16.3. The first-order chi connectivity index (χ1) is 16.5. The molecule has 0 saturated carbocycles. The van der Waals surface area contributed by atoms with E-state index in [9.17, 15) is 14.4 Å². The first-order valence-corrected chi connectivity index (χ1v) is 13.4. The predicted octanol–water partition coefficient (Wildman–Crippen LogP) is 4.08. The first-order valence-electron chi connectivity index (χ1n) is 13.4. The molecule has 8 nitrogen and oxygen atoms in total. The van der Waals surface area contributed by atoms with Crippen molar-refractivity contribution in [1.29, 1.82) is 0 Å². The lowest BCUT2D eigenvalue weighted by molar-refractivity contribution is -0.140. The molecule has 0 fully saturated rings. The quantitative estimate of drug-likeness (QED) is 0.364. The summed E-state index contributed by atoms with van der Waals surface area (Å²) in [6, 6.07) is 0. The molecule has 2 N–H and O–H groups in total. The van der Waals surface area contributed by atoms with Crippen LogP contribution in [-0.4, -0.2) is 56.3 Å². The van der Waals surface area contributed by atoms with Crippen LogP contribution in [0.15, 0.2) is 12.4 Å². The van der Waals surface area contributed by atoms with Crippen LogP contribution < -0.4 is 10.6 Å². The Morgan fingerprint density at radius 1 is 0.857 bits per heavy atom. The van der Waals surface area contributed by atoms with Crippen LogP contribution in [-0.2, 0) is 27.3 Å². The average molecular weight is 492 g/mol. The molecule has 0 bridgehead atoms. The van der Waals surface area contributed by atoms with Crippen LogP contribution in [0, 0.1) is 5.92 Å². The molecule has 0 atom stereocenters. The molecule has 1 rings (SSSR count). The van der Waals surface area contributed by atoms with E-state index >= 15 is 0 Å². The SMILES string of the molecule is CCC(CC)(CC)NC(=O)CN(CC(=O)NC(CC)(CC)CC)C(=O)Cn1ccnc1CC(C)C. The van der Waals surface area contributed by atoms with Crippen molar-refractivity contribution < 1.29 is 14.4 Å². The van der Waals surface area contributed by atoms with Crippen LogP contribution in [0.4, 0.5) is 0 Å². The lowest BCUT2D eigenvalue weighted by Gasteiger charge is -2.34. The van der Waals surface area contributed by atoms with Gasteiger partial charge in [0.05, 0.1) is 0 Å². The van der Waals surface area contributed by atoms with Gasteiger partial charge >= 0.3 is 0 Å². The Morgan fingerprint density at radius 3 is 1.66 bits per heavy atom. The zero-order valence-electron chi connectivity index (χ0n) is 23.4. The van der Waals surface area contributed by atoms with Gasteiger partial charge in [-0.2, -0.15) is 0 Å². The normalized spacial score (nSPS) is 12.0. The van der Waals surface area contributed by atoms with E-state index in [-0.39, 0.29) is 48.4 Å². The van der Waals surface area contributed by atoms with Gasteiger partial charge in [-0.25, -0.2) is 4.98 Å². The Balaban J connectivity index is 3.10. The lowest BCUT2D eigenvalue weighted by atomic mass is 9.89. The smallest absolute Gasteiger partial charge is 0.243 e. The monoisotopic (exact) mass is 491 g/mol. The number of nitrogens with one attached hydrogen (secondary N) is 2. The molecule has 1 heterocycles. The summed E-state index contributed by atoms with van der Waals surface area (Å²) >= 11 is 0. The van der Waals surface area contributed by atoms with E-state index in [1.807, 2.05) is 4.57 Å². The van der Waals surface area contributed by atoms with Gasteiger partial charge in [0, 0.05) is 29.9 Å². The Labute approximate surface area is 212 Å². The summed E-state index contributed by atoms with van der Waals surface area (Å²) in [7, 11) is 0. The number of amides is 3. The summed E-state index contributed by atoms with van der Waals surface area (Å²) in [6.07, 6.45) is 9.05. The maximum atomic E-state index is 13.4. The lowest BCUT2D eigenvalue weighted by Crippen LogP contribution is -2.55. The van der Waals surface area contributed by atoms with Crippen molar-refractivity contribution in [2.75, 3.05) is 13.1 Å². The van der Waals surface area contributed by atoms with E-state index in [1.165, 1.54) is 4.90 Å². The molecule has 0 spiro atoms. The third-order valence-corrected chi connectivity index (χ3v) is 7.59. The minimum atomic E-state index is -0.301. The Bertz CT molecular complexity index is 757. The van der Waals surface area contributed by atoms with Crippen LogP contribution in [0.25, 0.3) is 0 Å². The second-order valence-corrected chi connectivity index (χ2v) is 10.1. The highest BCUT2D eigenvalue weighted by atomic mass is 16.2. The maximum absolute atomic E-state index is 13.4. The number of rotatable bonds is 16. The van der Waals surface area contributed by atoms with E-state index in [0.717, 1.165) is 50.8 Å². The van der Waals surface area contributed by atoms with Crippen molar-refractivity contribution in [3.05, 3.63) is 18.2 Å². The molecule has 200 valence electrons. The van der Waals surface area contributed by atoms with E-state index < -0.39 is 0 Å². The number of hydrogen-bond acceptors (Lipinski definition) is 4. The van der Waals surface area contributed by atoms with Gasteiger partial charge in [-0.1, -0.05) is 55.4 Å². The summed E-state index contributed by atoms with van der Waals surface area (Å²) in [5, 5.41) is 6.27. The summed E-state index contributed by atoms with van der Waals surface area (Å²) in [5.74, 6) is 0.471. The zero-order chi connectivity index (χ0) is 26.6. The highest BCUT2D eigenvalue weighted by molar-refractivity contribution is 5.89. The fourth-order valence-electron chi connectivity index (χ4n) is 4.56. The Morgan fingerprint density at radius 2 is 1.29 bits per heavy atom. The molecule has 0 radical (unpaired) electrons. The molecule has 3 amide bonds. The molecule has 0 aliphatic rings. The Hall–Kier alpha value is -2.38. The molecule has 1 aromatic rings. The van der Waals surface area contributed by atoms with Gasteiger partial charge in [0.1, 0.15) is 25.5 Å².